The number of aliphatic carboxylic acids is 1. The first-order valence-corrected chi connectivity index (χ1v) is 12.3. The second-order valence-electron chi connectivity index (χ2n) is 10.4. The number of pyridine rings is 1. The van der Waals surface area contributed by atoms with Crippen LogP contribution in [0.15, 0.2) is 36.5 Å². The van der Waals surface area contributed by atoms with Crippen molar-refractivity contribution in [1.82, 2.24) is 9.88 Å². The highest BCUT2D eigenvalue weighted by molar-refractivity contribution is 5.98. The summed E-state index contributed by atoms with van der Waals surface area (Å²) in [5.74, 6) is -2.15. The average molecular weight is 525 g/mol. The molecule has 4 atom stereocenters. The maximum Gasteiger partial charge on any atom is 0.410 e. The van der Waals surface area contributed by atoms with E-state index in [4.69, 9.17) is 14.6 Å². The Bertz CT molecular complexity index is 1290. The molecule has 0 radical (unpaired) electrons. The molecule has 0 spiro atoms. The van der Waals surface area contributed by atoms with Crippen LogP contribution in [0.4, 0.5) is 15.0 Å². The van der Waals surface area contributed by atoms with Crippen LogP contribution in [-0.2, 0) is 14.3 Å². The molecule has 1 aromatic heterocycles. The van der Waals surface area contributed by atoms with Gasteiger partial charge in [-0.3, -0.25) is 9.59 Å². The van der Waals surface area contributed by atoms with Crippen molar-refractivity contribution in [3.8, 4) is 22.9 Å². The van der Waals surface area contributed by atoms with Gasteiger partial charge in [0.2, 0.25) is 5.91 Å². The fourth-order valence-electron chi connectivity index (χ4n) is 4.23. The number of hydrogen-bond donors (Lipinski definition) is 2. The number of likely N-dealkylation sites (tertiary alicyclic amines) is 1. The summed E-state index contributed by atoms with van der Waals surface area (Å²) in [7, 11) is 0. The summed E-state index contributed by atoms with van der Waals surface area (Å²) >= 11 is 0. The first-order valence-electron chi connectivity index (χ1n) is 12.3. The molecule has 2 N–H and O–H groups in total. The van der Waals surface area contributed by atoms with Gasteiger partial charge in [0.15, 0.2) is 6.17 Å². The fraction of sp³-hybridized carbons (Fsp3) is 0.444. The van der Waals surface area contributed by atoms with Crippen molar-refractivity contribution < 1.29 is 33.4 Å². The van der Waals surface area contributed by atoms with Crippen LogP contribution < -0.4 is 10.1 Å². The van der Waals surface area contributed by atoms with Crippen molar-refractivity contribution in [3.05, 3.63) is 42.1 Å². The van der Waals surface area contributed by atoms with E-state index in [-0.39, 0.29) is 36.6 Å². The number of carboxylic acid groups (broad SMARTS) is 1. The highest BCUT2D eigenvalue weighted by Crippen LogP contribution is 2.39. The number of carbonyl (C=O) groups excluding carboxylic acids is 2. The van der Waals surface area contributed by atoms with Crippen LogP contribution in [0.5, 0.6) is 5.75 Å². The van der Waals surface area contributed by atoms with Gasteiger partial charge in [-0.2, -0.15) is 5.26 Å². The van der Waals surface area contributed by atoms with Crippen molar-refractivity contribution in [2.24, 2.45) is 11.8 Å². The summed E-state index contributed by atoms with van der Waals surface area (Å²) in [6, 6.07) is 10.3. The maximum atomic E-state index is 14.9. The number of nitrogens with one attached hydrogen (secondary N) is 1. The number of piperidine rings is 1. The van der Waals surface area contributed by atoms with E-state index in [1.54, 1.807) is 51.1 Å². The Hall–Kier alpha value is -4.20. The molecule has 2 aromatic rings. The van der Waals surface area contributed by atoms with Crippen LogP contribution >= 0.6 is 0 Å². The molecule has 200 valence electrons. The van der Waals surface area contributed by atoms with Gasteiger partial charge in [-0.15, -0.1) is 0 Å². The number of rotatable bonds is 6. The largest absolute Gasteiger partial charge is 0.486 e. The molecule has 4 rings (SSSR count). The lowest BCUT2D eigenvalue weighted by atomic mass is 10.0. The van der Waals surface area contributed by atoms with Crippen molar-refractivity contribution in [3.63, 3.8) is 0 Å². The molecule has 1 aliphatic carbocycles. The third-order valence-electron chi connectivity index (χ3n) is 6.30. The third kappa shape index (κ3) is 6.37. The number of carbonyl (C=O) groups is 3. The number of aromatic nitrogens is 1. The zero-order chi connectivity index (χ0) is 27.6. The zero-order valence-electron chi connectivity index (χ0n) is 21.3. The van der Waals surface area contributed by atoms with Gasteiger partial charge in [0.1, 0.15) is 29.3 Å². The van der Waals surface area contributed by atoms with Gasteiger partial charge in [0.05, 0.1) is 23.9 Å². The monoisotopic (exact) mass is 524 g/mol. The van der Waals surface area contributed by atoms with Crippen LogP contribution in [0.3, 0.4) is 0 Å². The van der Waals surface area contributed by atoms with Gasteiger partial charge in [0.25, 0.3) is 0 Å². The number of benzene rings is 1. The van der Waals surface area contributed by atoms with Crippen molar-refractivity contribution in [2.75, 3.05) is 18.4 Å². The Morgan fingerprint density at radius 1 is 1.18 bits per heavy atom. The summed E-state index contributed by atoms with van der Waals surface area (Å²) in [4.78, 5) is 41.0. The van der Waals surface area contributed by atoms with Crippen LogP contribution in [-0.4, -0.2) is 63.9 Å². The first-order chi connectivity index (χ1) is 17.9. The lowest BCUT2D eigenvalue weighted by molar-refractivity contribution is -0.139. The van der Waals surface area contributed by atoms with Crippen LogP contribution in [0.2, 0.25) is 0 Å². The molecule has 2 aliphatic rings. The van der Waals surface area contributed by atoms with Crippen LogP contribution in [0, 0.1) is 23.2 Å². The minimum absolute atomic E-state index is 0.168. The second kappa shape index (κ2) is 10.7. The van der Waals surface area contributed by atoms with E-state index < -0.39 is 47.7 Å². The van der Waals surface area contributed by atoms with Gasteiger partial charge < -0.3 is 24.8 Å². The van der Waals surface area contributed by atoms with E-state index >= 15 is 0 Å². The fourth-order valence-corrected chi connectivity index (χ4v) is 4.23. The van der Waals surface area contributed by atoms with Gasteiger partial charge >= 0.3 is 12.1 Å². The minimum atomic E-state index is -1.46. The summed E-state index contributed by atoms with van der Waals surface area (Å²) < 4.78 is 26.1. The number of hydrogen-bond acceptors (Lipinski definition) is 7. The molecule has 1 saturated carbocycles. The Kier molecular flexibility index (Phi) is 7.53. The Morgan fingerprint density at radius 2 is 1.92 bits per heavy atom. The molecule has 38 heavy (non-hydrogen) atoms. The molecule has 2 amide bonds. The lowest BCUT2D eigenvalue weighted by Crippen LogP contribution is -2.50. The first kappa shape index (κ1) is 26.9. The molecule has 2 fully saturated rings. The van der Waals surface area contributed by atoms with E-state index in [1.807, 2.05) is 0 Å². The standard InChI is InChI=1S/C27H29FN4O6/c1-27(2,3)38-26(36)32-9-7-22(20(28)14-32)37-21-5-4-15(10-17(21)13-29)16-6-8-30-23(11-16)31-24(33)18-12-19(18)25(34)35/h4-6,8,10-11,18-20,22H,7,9,12,14H2,1-3H3,(H,34,35)(H,30,31,33)/t18?,19?,20-,22+/m1/s1. The molecule has 2 unspecified atom stereocenters. The number of nitriles is 1. The SMILES string of the molecule is CC(C)(C)OC(=O)N1CC[C@H](Oc2ccc(-c3ccnc(NC(=O)C4CC4C(=O)O)c3)cc2C#N)[C@H](F)C1. The third-order valence-corrected chi connectivity index (χ3v) is 6.30. The predicted molar refractivity (Wildman–Crippen MR) is 134 cm³/mol. The molecule has 10 nitrogen and oxygen atoms in total. The molecule has 2 heterocycles. The van der Waals surface area contributed by atoms with Gasteiger partial charge in [-0.25, -0.2) is 14.2 Å². The molecule has 1 aromatic carbocycles. The zero-order valence-corrected chi connectivity index (χ0v) is 21.3. The number of nitrogens with zero attached hydrogens (tertiary/aromatic N) is 3. The number of carboxylic acids is 1. The highest BCUT2D eigenvalue weighted by atomic mass is 19.1. The van der Waals surface area contributed by atoms with Gasteiger partial charge in [-0.05, 0) is 62.6 Å². The Morgan fingerprint density at radius 3 is 2.55 bits per heavy atom. The summed E-state index contributed by atoms with van der Waals surface area (Å²) in [5, 5.41) is 21.4. The molecule has 1 saturated heterocycles. The maximum absolute atomic E-state index is 14.9. The van der Waals surface area contributed by atoms with E-state index in [0.29, 0.717) is 17.5 Å². The molecule has 1 aliphatic heterocycles. The Labute approximate surface area is 219 Å². The predicted octanol–water partition coefficient (Wildman–Crippen LogP) is 4.01. The van der Waals surface area contributed by atoms with E-state index in [9.17, 15) is 24.0 Å². The minimum Gasteiger partial charge on any atom is -0.486 e. The average Bonchev–Trinajstić information content (AvgIpc) is 3.66. The van der Waals surface area contributed by atoms with Crippen molar-refractivity contribution in [2.45, 2.75) is 51.5 Å². The molecular formula is C27H29FN4O6. The van der Waals surface area contributed by atoms with E-state index in [2.05, 4.69) is 16.4 Å². The summed E-state index contributed by atoms with van der Waals surface area (Å²) in [6.07, 6.45) is -0.827. The van der Waals surface area contributed by atoms with E-state index in [1.165, 1.54) is 11.1 Å². The molecule has 11 heteroatoms. The van der Waals surface area contributed by atoms with Gasteiger partial charge in [0, 0.05) is 19.2 Å². The molecule has 0 bridgehead atoms. The van der Waals surface area contributed by atoms with Crippen molar-refractivity contribution in [1.29, 1.82) is 5.26 Å². The smallest absolute Gasteiger partial charge is 0.410 e. The Balaban J connectivity index is 1.41. The number of halogens is 1. The number of ether oxygens (including phenoxy) is 2. The van der Waals surface area contributed by atoms with Crippen molar-refractivity contribution >= 4 is 23.8 Å². The summed E-state index contributed by atoms with van der Waals surface area (Å²) in [5.41, 5.74) is 0.840. The normalized spacial score (nSPS) is 22.7. The quantitative estimate of drug-likeness (QED) is 0.577. The molecular weight excluding hydrogens is 495 g/mol. The second-order valence-corrected chi connectivity index (χ2v) is 10.4. The van der Waals surface area contributed by atoms with Crippen LogP contribution in [0.25, 0.3) is 11.1 Å². The number of anilines is 1. The summed E-state index contributed by atoms with van der Waals surface area (Å²) in [6.45, 7) is 5.33. The van der Waals surface area contributed by atoms with E-state index in [0.717, 1.165) is 0 Å². The highest BCUT2D eigenvalue weighted by Gasteiger charge is 2.48. The lowest BCUT2D eigenvalue weighted by Gasteiger charge is -2.35. The van der Waals surface area contributed by atoms with Gasteiger partial charge in [-0.1, -0.05) is 6.07 Å². The van der Waals surface area contributed by atoms with Crippen LogP contribution in [0.1, 0.15) is 39.2 Å². The number of alkyl halides is 1. The topological polar surface area (TPSA) is 142 Å². The number of amides is 2.